The minimum absolute atomic E-state index is 0.0150. The van der Waals surface area contributed by atoms with Gasteiger partial charge < -0.3 is 9.73 Å². The van der Waals surface area contributed by atoms with Crippen molar-refractivity contribution in [3.63, 3.8) is 0 Å². The molecule has 3 aromatic rings. The van der Waals surface area contributed by atoms with Crippen molar-refractivity contribution in [1.82, 2.24) is 4.98 Å². The molecular formula is C21H21ClN2O2S. The molecule has 0 saturated heterocycles. The van der Waals surface area contributed by atoms with E-state index < -0.39 is 0 Å². The normalized spacial score (nSPS) is 12.0. The van der Waals surface area contributed by atoms with Crippen molar-refractivity contribution in [3.8, 4) is 11.5 Å². The van der Waals surface area contributed by atoms with Crippen LogP contribution >= 0.6 is 23.4 Å². The number of carbonyl (C=O) groups is 1. The number of hydrogen-bond acceptors (Lipinski definition) is 4. The molecule has 0 saturated carbocycles. The Morgan fingerprint density at radius 2 is 1.85 bits per heavy atom. The fraction of sp³-hybridized carbons (Fsp3) is 0.238. The summed E-state index contributed by atoms with van der Waals surface area (Å²) in [7, 11) is 0. The Kier molecular flexibility index (Phi) is 6.24. The lowest BCUT2D eigenvalue weighted by Crippen LogP contribution is -2.23. The van der Waals surface area contributed by atoms with Crippen LogP contribution < -0.4 is 5.32 Å². The summed E-state index contributed by atoms with van der Waals surface area (Å²) in [5.41, 5.74) is 4.68. The Bertz CT molecular complexity index is 917. The summed E-state index contributed by atoms with van der Waals surface area (Å²) in [6.45, 7) is 5.88. The predicted octanol–water partition coefficient (Wildman–Crippen LogP) is 5.87. The minimum Gasteiger partial charge on any atom is -0.444 e. The molecule has 4 nitrogen and oxygen atoms in total. The molecule has 0 aliphatic rings. The molecule has 1 heterocycles. The lowest BCUT2D eigenvalue weighted by molar-refractivity contribution is -0.115. The third kappa shape index (κ3) is 4.93. The van der Waals surface area contributed by atoms with Gasteiger partial charge in [-0.2, -0.15) is 0 Å². The highest BCUT2D eigenvalue weighted by Gasteiger charge is 2.17. The lowest BCUT2D eigenvalue weighted by Gasteiger charge is -2.15. The quantitative estimate of drug-likeness (QED) is 0.562. The number of halogens is 1. The summed E-state index contributed by atoms with van der Waals surface area (Å²) in [5.74, 6) is 1.13. The average molecular weight is 401 g/mol. The van der Waals surface area contributed by atoms with Crippen molar-refractivity contribution in [2.45, 2.75) is 31.8 Å². The van der Waals surface area contributed by atoms with E-state index in [-0.39, 0.29) is 11.2 Å². The van der Waals surface area contributed by atoms with Gasteiger partial charge in [0.15, 0.2) is 0 Å². The number of carbonyl (C=O) groups excluding carboxylic acids is 1. The monoisotopic (exact) mass is 400 g/mol. The van der Waals surface area contributed by atoms with Crippen LogP contribution in [0.15, 0.2) is 53.1 Å². The molecule has 1 unspecified atom stereocenters. The van der Waals surface area contributed by atoms with E-state index in [1.165, 1.54) is 11.8 Å². The zero-order chi connectivity index (χ0) is 19.4. The van der Waals surface area contributed by atoms with E-state index in [0.717, 1.165) is 28.1 Å². The number of thioether (sulfide) groups is 1. The van der Waals surface area contributed by atoms with Gasteiger partial charge in [-0.15, -0.1) is 11.8 Å². The molecule has 2 aromatic carbocycles. The van der Waals surface area contributed by atoms with Crippen LogP contribution in [0.4, 0.5) is 5.69 Å². The zero-order valence-electron chi connectivity index (χ0n) is 15.5. The number of aromatic nitrogens is 1. The number of hydrogen-bond donors (Lipinski definition) is 1. The molecule has 3 rings (SSSR count). The number of amides is 1. The average Bonchev–Trinajstić information content (AvgIpc) is 3.12. The van der Waals surface area contributed by atoms with Gasteiger partial charge in [-0.3, -0.25) is 4.79 Å². The first-order valence-corrected chi connectivity index (χ1v) is 10.1. The Hall–Kier alpha value is -2.24. The standard InChI is InChI=1S/C21H21ClN2O2S/c1-13-5-4-6-14(2)19(13)24-20(25)15(3)27-12-18-11-26-21(23-18)16-7-9-17(22)10-8-16/h4-11,15H,12H2,1-3H3,(H,24,25). The first kappa shape index (κ1) is 19.5. The molecule has 0 aliphatic heterocycles. The van der Waals surface area contributed by atoms with E-state index in [1.807, 2.05) is 51.1 Å². The second-order valence-corrected chi connectivity index (χ2v) is 8.13. The van der Waals surface area contributed by atoms with Crippen molar-refractivity contribution < 1.29 is 9.21 Å². The molecule has 140 valence electrons. The Morgan fingerprint density at radius 3 is 2.52 bits per heavy atom. The number of para-hydroxylation sites is 1. The Labute approximate surface area is 168 Å². The van der Waals surface area contributed by atoms with Crippen molar-refractivity contribution in [2.75, 3.05) is 5.32 Å². The fourth-order valence-electron chi connectivity index (χ4n) is 2.62. The van der Waals surface area contributed by atoms with Crippen LogP contribution in [0, 0.1) is 13.8 Å². The van der Waals surface area contributed by atoms with Crippen LogP contribution in [-0.2, 0) is 10.5 Å². The SMILES string of the molecule is Cc1cccc(C)c1NC(=O)C(C)SCc1coc(-c2ccc(Cl)cc2)n1. The van der Waals surface area contributed by atoms with Crippen molar-refractivity contribution in [1.29, 1.82) is 0 Å². The molecule has 0 fully saturated rings. The van der Waals surface area contributed by atoms with E-state index in [4.69, 9.17) is 16.0 Å². The molecule has 0 aliphatic carbocycles. The molecule has 0 bridgehead atoms. The van der Waals surface area contributed by atoms with E-state index in [2.05, 4.69) is 10.3 Å². The summed E-state index contributed by atoms with van der Waals surface area (Å²) in [5, 5.41) is 3.50. The van der Waals surface area contributed by atoms with E-state index in [9.17, 15) is 4.79 Å². The van der Waals surface area contributed by atoms with Gasteiger partial charge in [0, 0.05) is 22.0 Å². The van der Waals surface area contributed by atoms with Crippen LogP contribution in [0.5, 0.6) is 0 Å². The number of rotatable bonds is 6. The smallest absolute Gasteiger partial charge is 0.237 e. The number of anilines is 1. The third-order valence-corrected chi connectivity index (χ3v) is 5.65. The highest BCUT2D eigenvalue weighted by atomic mass is 35.5. The summed E-state index contributed by atoms with van der Waals surface area (Å²) >= 11 is 7.43. The zero-order valence-corrected chi connectivity index (χ0v) is 17.0. The highest BCUT2D eigenvalue weighted by Crippen LogP contribution is 2.25. The molecule has 27 heavy (non-hydrogen) atoms. The van der Waals surface area contributed by atoms with Crippen LogP contribution in [0.2, 0.25) is 5.02 Å². The van der Waals surface area contributed by atoms with E-state index >= 15 is 0 Å². The second kappa shape index (κ2) is 8.63. The van der Waals surface area contributed by atoms with Gasteiger partial charge >= 0.3 is 0 Å². The maximum atomic E-state index is 12.5. The minimum atomic E-state index is -0.209. The number of oxazole rings is 1. The maximum Gasteiger partial charge on any atom is 0.237 e. The topological polar surface area (TPSA) is 55.1 Å². The molecule has 1 amide bonds. The molecule has 0 radical (unpaired) electrons. The number of nitrogens with one attached hydrogen (secondary N) is 1. The lowest BCUT2D eigenvalue weighted by atomic mass is 10.1. The summed E-state index contributed by atoms with van der Waals surface area (Å²) in [6, 6.07) is 13.3. The predicted molar refractivity (Wildman–Crippen MR) is 112 cm³/mol. The molecule has 1 atom stereocenters. The number of aryl methyl sites for hydroxylation is 2. The van der Waals surface area contributed by atoms with Gasteiger partial charge in [0.2, 0.25) is 11.8 Å². The molecule has 1 N–H and O–H groups in total. The van der Waals surface area contributed by atoms with Crippen molar-refractivity contribution in [3.05, 3.63) is 70.6 Å². The van der Waals surface area contributed by atoms with E-state index in [1.54, 1.807) is 18.4 Å². The summed E-state index contributed by atoms with van der Waals surface area (Å²) in [6.07, 6.45) is 1.63. The second-order valence-electron chi connectivity index (χ2n) is 6.36. The largest absolute Gasteiger partial charge is 0.444 e. The molecular weight excluding hydrogens is 380 g/mol. The van der Waals surface area contributed by atoms with Crippen LogP contribution in [-0.4, -0.2) is 16.1 Å². The van der Waals surface area contributed by atoms with Crippen molar-refractivity contribution >= 4 is 35.0 Å². The number of nitrogens with zero attached hydrogens (tertiary/aromatic N) is 1. The first-order chi connectivity index (χ1) is 12.9. The summed E-state index contributed by atoms with van der Waals surface area (Å²) < 4.78 is 5.54. The Balaban J connectivity index is 1.58. The van der Waals surface area contributed by atoms with Crippen LogP contribution in [0.3, 0.4) is 0 Å². The van der Waals surface area contributed by atoms with Gasteiger partial charge in [-0.25, -0.2) is 4.98 Å². The van der Waals surface area contributed by atoms with Gasteiger partial charge in [0.25, 0.3) is 0 Å². The molecule has 0 spiro atoms. The molecule has 1 aromatic heterocycles. The van der Waals surface area contributed by atoms with Crippen LogP contribution in [0.25, 0.3) is 11.5 Å². The van der Waals surface area contributed by atoms with Gasteiger partial charge in [0.05, 0.1) is 10.9 Å². The van der Waals surface area contributed by atoms with Crippen LogP contribution in [0.1, 0.15) is 23.7 Å². The molecule has 6 heteroatoms. The third-order valence-electron chi connectivity index (χ3n) is 4.22. The maximum absolute atomic E-state index is 12.5. The van der Waals surface area contributed by atoms with Gasteiger partial charge in [-0.05, 0) is 56.2 Å². The number of benzene rings is 2. The van der Waals surface area contributed by atoms with Gasteiger partial charge in [0.1, 0.15) is 6.26 Å². The first-order valence-electron chi connectivity index (χ1n) is 8.63. The highest BCUT2D eigenvalue weighted by molar-refractivity contribution is 7.99. The Morgan fingerprint density at radius 1 is 1.19 bits per heavy atom. The fourth-order valence-corrected chi connectivity index (χ4v) is 3.51. The van der Waals surface area contributed by atoms with Crippen molar-refractivity contribution in [2.24, 2.45) is 0 Å². The van der Waals surface area contributed by atoms with E-state index in [0.29, 0.717) is 16.7 Å². The summed E-state index contributed by atoms with van der Waals surface area (Å²) in [4.78, 5) is 17.0. The van der Waals surface area contributed by atoms with Gasteiger partial charge in [-0.1, -0.05) is 29.8 Å².